The summed E-state index contributed by atoms with van der Waals surface area (Å²) in [6.07, 6.45) is 0.242. The lowest BCUT2D eigenvalue weighted by Gasteiger charge is -2.13. The maximum absolute atomic E-state index is 11.4. The summed E-state index contributed by atoms with van der Waals surface area (Å²) in [5.74, 6) is 0.972. The molecular weight excluding hydrogens is 454 g/mol. The van der Waals surface area contributed by atoms with Crippen molar-refractivity contribution in [1.82, 2.24) is 5.32 Å². The molecular formula is C27H30ClNO5. The fraction of sp³-hybridized carbons (Fsp3) is 0.296. The molecule has 0 saturated heterocycles. The lowest BCUT2D eigenvalue weighted by atomic mass is 10.1. The van der Waals surface area contributed by atoms with Gasteiger partial charge in [0.25, 0.3) is 0 Å². The van der Waals surface area contributed by atoms with E-state index in [0.29, 0.717) is 30.5 Å². The van der Waals surface area contributed by atoms with Gasteiger partial charge in [-0.25, -0.2) is 4.79 Å². The van der Waals surface area contributed by atoms with E-state index in [1.807, 2.05) is 54.6 Å². The Bertz CT molecular complexity index is 1040. The SMILES string of the molecule is CCOC(=O)COc1cccc(COc2ccc(CCNC[C@H](O)c3cccc(Cl)c3)cc2)c1. The number of rotatable bonds is 13. The van der Waals surface area contributed by atoms with Crippen molar-refractivity contribution in [1.29, 1.82) is 0 Å². The van der Waals surface area contributed by atoms with Crippen LogP contribution in [0.2, 0.25) is 5.02 Å². The lowest BCUT2D eigenvalue weighted by molar-refractivity contribution is -0.145. The molecule has 0 spiro atoms. The fourth-order valence-electron chi connectivity index (χ4n) is 3.29. The molecule has 0 aliphatic carbocycles. The highest BCUT2D eigenvalue weighted by molar-refractivity contribution is 6.30. The van der Waals surface area contributed by atoms with Crippen molar-refractivity contribution >= 4 is 17.6 Å². The van der Waals surface area contributed by atoms with Crippen LogP contribution >= 0.6 is 11.6 Å². The van der Waals surface area contributed by atoms with Gasteiger partial charge in [-0.1, -0.05) is 48.0 Å². The van der Waals surface area contributed by atoms with Crippen LogP contribution in [0.4, 0.5) is 0 Å². The first kappa shape index (κ1) is 25.6. The number of halogens is 1. The maximum Gasteiger partial charge on any atom is 0.344 e. The van der Waals surface area contributed by atoms with Crippen molar-refractivity contribution in [3.05, 3.63) is 94.5 Å². The molecule has 0 aliphatic rings. The molecule has 0 amide bonds. The molecule has 0 heterocycles. The molecule has 2 N–H and O–H groups in total. The van der Waals surface area contributed by atoms with Gasteiger partial charge in [0.1, 0.15) is 18.1 Å². The van der Waals surface area contributed by atoms with E-state index in [2.05, 4.69) is 5.32 Å². The number of esters is 1. The largest absolute Gasteiger partial charge is 0.489 e. The Morgan fingerprint density at radius 1 is 0.971 bits per heavy atom. The minimum absolute atomic E-state index is 0.117. The van der Waals surface area contributed by atoms with E-state index in [0.717, 1.165) is 29.8 Å². The quantitative estimate of drug-likeness (QED) is 0.270. The van der Waals surface area contributed by atoms with Crippen LogP contribution in [0.1, 0.15) is 29.7 Å². The standard InChI is InChI=1S/C27H30ClNO5/c1-2-32-27(31)19-34-25-8-3-5-21(15-25)18-33-24-11-9-20(10-12-24)13-14-29-17-26(30)22-6-4-7-23(28)16-22/h3-12,15-16,26,29-30H,2,13-14,17-19H2,1H3/t26-/m0/s1. The van der Waals surface area contributed by atoms with Crippen LogP contribution in [0, 0.1) is 0 Å². The number of hydrogen-bond acceptors (Lipinski definition) is 6. The van der Waals surface area contributed by atoms with E-state index in [1.165, 1.54) is 5.56 Å². The highest BCUT2D eigenvalue weighted by atomic mass is 35.5. The topological polar surface area (TPSA) is 77.0 Å². The van der Waals surface area contributed by atoms with E-state index in [9.17, 15) is 9.90 Å². The van der Waals surface area contributed by atoms with Crippen molar-refractivity contribution < 1.29 is 24.1 Å². The van der Waals surface area contributed by atoms with Crippen LogP contribution in [-0.2, 0) is 22.6 Å². The summed E-state index contributed by atoms with van der Waals surface area (Å²) in [6, 6.07) is 22.6. The van der Waals surface area contributed by atoms with Gasteiger partial charge in [-0.2, -0.15) is 0 Å². The summed E-state index contributed by atoms with van der Waals surface area (Å²) in [5, 5.41) is 14.2. The van der Waals surface area contributed by atoms with E-state index >= 15 is 0 Å². The molecule has 0 unspecified atom stereocenters. The smallest absolute Gasteiger partial charge is 0.344 e. The summed E-state index contributed by atoms with van der Waals surface area (Å²) in [6.45, 7) is 3.57. The van der Waals surface area contributed by atoms with Gasteiger partial charge in [0.15, 0.2) is 6.61 Å². The second-order valence-electron chi connectivity index (χ2n) is 7.70. The zero-order valence-corrected chi connectivity index (χ0v) is 20.0. The van der Waals surface area contributed by atoms with E-state index in [4.69, 9.17) is 25.8 Å². The first-order chi connectivity index (χ1) is 16.5. The van der Waals surface area contributed by atoms with Crippen LogP contribution in [0.15, 0.2) is 72.8 Å². The van der Waals surface area contributed by atoms with Gasteiger partial charge in [0.05, 0.1) is 12.7 Å². The molecule has 1 atom stereocenters. The number of carbonyl (C=O) groups is 1. The third-order valence-electron chi connectivity index (χ3n) is 5.05. The normalized spacial score (nSPS) is 11.6. The molecule has 0 radical (unpaired) electrons. The Morgan fingerprint density at radius 2 is 1.76 bits per heavy atom. The second-order valence-corrected chi connectivity index (χ2v) is 8.14. The predicted molar refractivity (Wildman–Crippen MR) is 132 cm³/mol. The number of ether oxygens (including phenoxy) is 3. The Hall–Kier alpha value is -3.06. The van der Waals surface area contributed by atoms with Gasteiger partial charge in [0, 0.05) is 11.6 Å². The Morgan fingerprint density at radius 3 is 2.53 bits per heavy atom. The predicted octanol–water partition coefficient (Wildman–Crippen LogP) is 4.73. The number of aliphatic hydroxyl groups excluding tert-OH is 1. The summed E-state index contributed by atoms with van der Waals surface area (Å²) in [4.78, 5) is 11.4. The van der Waals surface area contributed by atoms with Crippen molar-refractivity contribution in [2.75, 3.05) is 26.3 Å². The third kappa shape index (κ3) is 8.71. The van der Waals surface area contributed by atoms with Crippen LogP contribution in [-0.4, -0.2) is 37.4 Å². The van der Waals surface area contributed by atoms with Gasteiger partial charge in [-0.15, -0.1) is 0 Å². The molecule has 6 nitrogen and oxygen atoms in total. The average molecular weight is 484 g/mol. The number of nitrogens with one attached hydrogen (secondary N) is 1. The summed E-state index contributed by atoms with van der Waals surface area (Å²) < 4.78 is 16.2. The third-order valence-corrected chi connectivity index (χ3v) is 5.29. The van der Waals surface area contributed by atoms with Gasteiger partial charge >= 0.3 is 5.97 Å². The van der Waals surface area contributed by atoms with Crippen molar-refractivity contribution in [2.24, 2.45) is 0 Å². The molecule has 3 rings (SSSR count). The highest BCUT2D eigenvalue weighted by Crippen LogP contribution is 2.19. The number of aliphatic hydroxyl groups is 1. The molecule has 0 saturated carbocycles. The summed E-state index contributed by atoms with van der Waals surface area (Å²) in [7, 11) is 0. The van der Waals surface area contributed by atoms with Crippen LogP contribution < -0.4 is 14.8 Å². The lowest BCUT2D eigenvalue weighted by Crippen LogP contribution is -2.23. The Labute approximate surface area is 205 Å². The minimum Gasteiger partial charge on any atom is -0.489 e. The highest BCUT2D eigenvalue weighted by Gasteiger charge is 2.07. The first-order valence-corrected chi connectivity index (χ1v) is 11.6. The van der Waals surface area contributed by atoms with E-state index < -0.39 is 12.1 Å². The molecule has 3 aromatic carbocycles. The molecule has 0 aromatic heterocycles. The van der Waals surface area contributed by atoms with E-state index in [1.54, 1.807) is 25.1 Å². The van der Waals surface area contributed by atoms with E-state index in [-0.39, 0.29) is 6.61 Å². The number of carbonyl (C=O) groups excluding carboxylic acids is 1. The maximum atomic E-state index is 11.4. The molecule has 7 heteroatoms. The van der Waals surface area contributed by atoms with Gasteiger partial charge in [-0.3, -0.25) is 0 Å². The average Bonchev–Trinajstić information content (AvgIpc) is 2.85. The van der Waals surface area contributed by atoms with Gasteiger partial charge in [-0.05, 0) is 73.0 Å². The second kappa shape index (κ2) is 13.6. The minimum atomic E-state index is -0.594. The summed E-state index contributed by atoms with van der Waals surface area (Å²) in [5.41, 5.74) is 2.91. The van der Waals surface area contributed by atoms with Crippen molar-refractivity contribution in [3.63, 3.8) is 0 Å². The summed E-state index contributed by atoms with van der Waals surface area (Å²) >= 11 is 5.98. The monoisotopic (exact) mass is 483 g/mol. The molecule has 0 aliphatic heterocycles. The number of hydrogen-bond donors (Lipinski definition) is 2. The van der Waals surface area contributed by atoms with Gasteiger partial charge < -0.3 is 24.6 Å². The molecule has 180 valence electrons. The molecule has 0 fully saturated rings. The van der Waals surface area contributed by atoms with Gasteiger partial charge in [0.2, 0.25) is 0 Å². The van der Waals surface area contributed by atoms with Crippen LogP contribution in [0.25, 0.3) is 0 Å². The Kier molecular flexibility index (Phi) is 10.2. The van der Waals surface area contributed by atoms with Crippen molar-refractivity contribution in [3.8, 4) is 11.5 Å². The fourth-order valence-corrected chi connectivity index (χ4v) is 3.49. The Balaban J connectivity index is 1.38. The molecule has 0 bridgehead atoms. The van der Waals surface area contributed by atoms with Crippen LogP contribution in [0.5, 0.6) is 11.5 Å². The van der Waals surface area contributed by atoms with Crippen molar-refractivity contribution in [2.45, 2.75) is 26.1 Å². The first-order valence-electron chi connectivity index (χ1n) is 11.3. The molecule has 3 aromatic rings. The zero-order valence-electron chi connectivity index (χ0n) is 19.2. The van der Waals surface area contributed by atoms with Crippen LogP contribution in [0.3, 0.4) is 0 Å². The number of benzene rings is 3. The molecule has 34 heavy (non-hydrogen) atoms. The zero-order chi connectivity index (χ0) is 24.2.